The zero-order chi connectivity index (χ0) is 10.6. The van der Waals surface area contributed by atoms with Crippen molar-refractivity contribution < 1.29 is 9.59 Å². The predicted molar refractivity (Wildman–Crippen MR) is 51.1 cm³/mol. The van der Waals surface area contributed by atoms with Crippen LogP contribution in [0.1, 0.15) is 27.7 Å². The average molecular weight is 207 g/mol. The maximum absolute atomic E-state index is 11.3. The molecule has 0 aromatic rings. The number of hydrogen-bond acceptors (Lipinski definition) is 2. The zero-order valence-electron chi connectivity index (χ0n) is 8.35. The van der Waals surface area contributed by atoms with E-state index in [1.165, 1.54) is 11.9 Å². The first-order valence-electron chi connectivity index (χ1n) is 3.95. The van der Waals surface area contributed by atoms with E-state index in [-0.39, 0.29) is 17.7 Å². The molecule has 5 heteroatoms. The minimum Gasteiger partial charge on any atom is -0.274 e. The number of hydrogen-bond donors (Lipinski definition) is 1. The van der Waals surface area contributed by atoms with E-state index in [0.717, 1.165) is 0 Å². The van der Waals surface area contributed by atoms with E-state index < -0.39 is 5.54 Å². The van der Waals surface area contributed by atoms with E-state index in [0.29, 0.717) is 0 Å². The van der Waals surface area contributed by atoms with Crippen LogP contribution in [0.3, 0.4) is 0 Å². The van der Waals surface area contributed by atoms with Crippen molar-refractivity contribution in [2.45, 2.75) is 33.2 Å². The third-order valence-corrected chi connectivity index (χ3v) is 1.53. The summed E-state index contributed by atoms with van der Waals surface area (Å²) >= 11 is 5.39. The number of hydrazine groups is 1. The molecule has 0 aliphatic rings. The monoisotopic (exact) mass is 206 g/mol. The van der Waals surface area contributed by atoms with E-state index in [4.69, 9.17) is 11.6 Å². The van der Waals surface area contributed by atoms with Crippen LogP contribution in [-0.4, -0.2) is 28.2 Å². The van der Waals surface area contributed by atoms with Crippen molar-refractivity contribution in [3.8, 4) is 0 Å². The van der Waals surface area contributed by atoms with Gasteiger partial charge in [0, 0.05) is 6.92 Å². The molecule has 0 fully saturated rings. The van der Waals surface area contributed by atoms with E-state index in [2.05, 4.69) is 5.43 Å². The Morgan fingerprint density at radius 3 is 2.08 bits per heavy atom. The topological polar surface area (TPSA) is 49.4 Å². The fourth-order valence-electron chi connectivity index (χ4n) is 0.821. The van der Waals surface area contributed by atoms with Gasteiger partial charge < -0.3 is 0 Å². The summed E-state index contributed by atoms with van der Waals surface area (Å²) in [7, 11) is 0. The van der Waals surface area contributed by atoms with Gasteiger partial charge in [-0.3, -0.25) is 15.0 Å². The molecule has 0 aromatic heterocycles. The summed E-state index contributed by atoms with van der Waals surface area (Å²) in [5.74, 6) is -0.741. The summed E-state index contributed by atoms with van der Waals surface area (Å²) in [6.07, 6.45) is 0. The molecule has 0 saturated carbocycles. The number of halogens is 1. The van der Waals surface area contributed by atoms with Gasteiger partial charge in [0.1, 0.15) is 5.88 Å². The molecule has 0 bridgehead atoms. The van der Waals surface area contributed by atoms with Gasteiger partial charge in [-0.1, -0.05) is 0 Å². The molecule has 0 saturated heterocycles. The summed E-state index contributed by atoms with van der Waals surface area (Å²) in [6.45, 7) is 6.79. The lowest BCUT2D eigenvalue weighted by atomic mass is 10.1. The molecular formula is C8H15ClN2O2. The van der Waals surface area contributed by atoms with Crippen molar-refractivity contribution in [1.29, 1.82) is 0 Å². The molecular weight excluding hydrogens is 192 g/mol. The molecule has 0 aromatic carbocycles. The van der Waals surface area contributed by atoms with E-state index >= 15 is 0 Å². The van der Waals surface area contributed by atoms with E-state index in [1.807, 2.05) is 20.8 Å². The molecule has 0 aliphatic carbocycles. The lowest BCUT2D eigenvalue weighted by Gasteiger charge is -2.34. The second kappa shape index (κ2) is 4.46. The van der Waals surface area contributed by atoms with E-state index in [1.54, 1.807) is 0 Å². The number of rotatable bonds is 1. The Bertz CT molecular complexity index is 211. The largest absolute Gasteiger partial charge is 0.274 e. The van der Waals surface area contributed by atoms with Gasteiger partial charge in [-0.2, -0.15) is 0 Å². The molecule has 2 amide bonds. The Kier molecular flexibility index (Phi) is 4.20. The number of nitrogens with one attached hydrogen (secondary N) is 1. The van der Waals surface area contributed by atoms with Crippen LogP contribution in [0, 0.1) is 0 Å². The normalized spacial score (nSPS) is 10.8. The fraction of sp³-hybridized carbons (Fsp3) is 0.750. The number of amides is 2. The van der Waals surface area contributed by atoms with Gasteiger partial charge in [0.15, 0.2) is 0 Å². The molecule has 76 valence electrons. The average Bonchev–Trinajstić information content (AvgIpc) is 1.96. The summed E-state index contributed by atoms with van der Waals surface area (Å²) < 4.78 is 0. The maximum Gasteiger partial charge on any atom is 0.256 e. The zero-order valence-corrected chi connectivity index (χ0v) is 9.10. The van der Waals surface area contributed by atoms with Gasteiger partial charge >= 0.3 is 0 Å². The Morgan fingerprint density at radius 1 is 1.38 bits per heavy atom. The summed E-state index contributed by atoms with van der Waals surface area (Å²) in [5.41, 5.74) is 1.97. The van der Waals surface area contributed by atoms with Crippen molar-refractivity contribution >= 4 is 23.4 Å². The second-order valence-corrected chi connectivity index (χ2v) is 3.97. The highest BCUT2D eigenvalue weighted by Gasteiger charge is 2.26. The number of carbonyl (C=O) groups excluding carboxylic acids is 2. The quantitative estimate of drug-likeness (QED) is 0.512. The molecule has 0 atom stereocenters. The van der Waals surface area contributed by atoms with Gasteiger partial charge in [-0.15, -0.1) is 11.6 Å². The fourth-order valence-corrected chi connectivity index (χ4v) is 0.941. The molecule has 0 unspecified atom stereocenters. The van der Waals surface area contributed by atoms with Gasteiger partial charge in [-0.05, 0) is 20.8 Å². The molecule has 0 radical (unpaired) electrons. The SMILES string of the molecule is CC(=O)NN(C(=O)CCl)C(C)(C)C. The van der Waals surface area contributed by atoms with Crippen LogP contribution in [0.5, 0.6) is 0 Å². The highest BCUT2D eigenvalue weighted by molar-refractivity contribution is 6.27. The predicted octanol–water partition coefficient (Wildman–Crippen LogP) is 0.903. The van der Waals surface area contributed by atoms with Crippen molar-refractivity contribution in [1.82, 2.24) is 10.4 Å². The standard InChI is InChI=1S/C8H15ClN2O2/c1-6(12)10-11(7(13)5-9)8(2,3)4/h5H2,1-4H3,(H,10,12). The smallest absolute Gasteiger partial charge is 0.256 e. The van der Waals surface area contributed by atoms with Gasteiger partial charge in [0.2, 0.25) is 5.91 Å². The second-order valence-electron chi connectivity index (χ2n) is 3.70. The van der Waals surface area contributed by atoms with Crippen molar-refractivity contribution in [3.05, 3.63) is 0 Å². The first kappa shape index (κ1) is 12.2. The Hall–Kier alpha value is -0.770. The first-order chi connectivity index (χ1) is 5.79. The lowest BCUT2D eigenvalue weighted by molar-refractivity contribution is -0.144. The molecule has 0 spiro atoms. The van der Waals surface area contributed by atoms with Crippen LogP contribution < -0.4 is 5.43 Å². The molecule has 0 heterocycles. The van der Waals surface area contributed by atoms with Crippen LogP contribution in [0.15, 0.2) is 0 Å². The number of carbonyl (C=O) groups is 2. The van der Waals surface area contributed by atoms with E-state index in [9.17, 15) is 9.59 Å². The van der Waals surface area contributed by atoms with Crippen LogP contribution in [0.25, 0.3) is 0 Å². The molecule has 0 aliphatic heterocycles. The minimum absolute atomic E-state index is 0.141. The Morgan fingerprint density at radius 2 is 1.85 bits per heavy atom. The minimum atomic E-state index is -0.461. The molecule has 13 heavy (non-hydrogen) atoms. The Balaban J connectivity index is 4.56. The summed E-state index contributed by atoms with van der Waals surface area (Å²) in [5, 5.41) is 1.24. The number of nitrogens with zero attached hydrogens (tertiary/aromatic N) is 1. The van der Waals surface area contributed by atoms with Crippen LogP contribution in [-0.2, 0) is 9.59 Å². The molecule has 4 nitrogen and oxygen atoms in total. The number of alkyl halides is 1. The maximum atomic E-state index is 11.3. The molecule has 1 N–H and O–H groups in total. The Labute approximate surface area is 83.2 Å². The van der Waals surface area contributed by atoms with Crippen LogP contribution in [0.2, 0.25) is 0 Å². The van der Waals surface area contributed by atoms with Crippen molar-refractivity contribution in [2.24, 2.45) is 0 Å². The van der Waals surface area contributed by atoms with Crippen molar-refractivity contribution in [2.75, 3.05) is 5.88 Å². The van der Waals surface area contributed by atoms with Gasteiger partial charge in [0.05, 0.1) is 5.54 Å². The van der Waals surface area contributed by atoms with Gasteiger partial charge in [0.25, 0.3) is 5.91 Å². The molecule has 0 rings (SSSR count). The summed E-state index contributed by atoms with van der Waals surface area (Å²) in [6, 6.07) is 0. The summed E-state index contributed by atoms with van der Waals surface area (Å²) in [4.78, 5) is 22.0. The van der Waals surface area contributed by atoms with Crippen LogP contribution >= 0.6 is 11.6 Å². The van der Waals surface area contributed by atoms with Crippen LogP contribution in [0.4, 0.5) is 0 Å². The first-order valence-corrected chi connectivity index (χ1v) is 4.48. The lowest BCUT2D eigenvalue weighted by Crippen LogP contribution is -2.55. The van der Waals surface area contributed by atoms with Crippen molar-refractivity contribution in [3.63, 3.8) is 0 Å². The third kappa shape index (κ3) is 4.12. The third-order valence-electron chi connectivity index (χ3n) is 1.30. The van der Waals surface area contributed by atoms with Gasteiger partial charge in [-0.25, -0.2) is 5.01 Å². The highest BCUT2D eigenvalue weighted by Crippen LogP contribution is 2.10. The highest BCUT2D eigenvalue weighted by atomic mass is 35.5.